The predicted octanol–water partition coefficient (Wildman–Crippen LogP) is 3.08. The van der Waals surface area contributed by atoms with Crippen molar-refractivity contribution in [2.24, 2.45) is 5.41 Å². The van der Waals surface area contributed by atoms with Gasteiger partial charge in [0.05, 0.1) is 28.9 Å². The third kappa shape index (κ3) is 3.09. The molecule has 0 atom stereocenters. The molecule has 3 fully saturated rings. The third-order valence-electron chi connectivity index (χ3n) is 5.42. The number of carbonyl (C=O) groups excluding carboxylic acids is 2. The van der Waals surface area contributed by atoms with Crippen molar-refractivity contribution >= 4 is 40.7 Å². The second-order valence-corrected chi connectivity index (χ2v) is 7.85. The van der Waals surface area contributed by atoms with Crippen molar-refractivity contribution in [2.45, 2.75) is 31.5 Å². The molecule has 2 heterocycles. The van der Waals surface area contributed by atoms with Crippen LogP contribution >= 0.6 is 23.2 Å². The molecule has 4 rings (SSSR count). The van der Waals surface area contributed by atoms with Crippen molar-refractivity contribution in [3.05, 3.63) is 28.2 Å². The molecule has 1 aromatic rings. The molecule has 3 aliphatic rings. The van der Waals surface area contributed by atoms with E-state index in [0.29, 0.717) is 67.7 Å². The molecule has 2 aliphatic heterocycles. The van der Waals surface area contributed by atoms with Crippen LogP contribution in [0.3, 0.4) is 0 Å². The summed E-state index contributed by atoms with van der Waals surface area (Å²) in [6.07, 6.45) is 2.34. The van der Waals surface area contributed by atoms with Gasteiger partial charge in [-0.05, 0) is 25.0 Å². The first kappa shape index (κ1) is 18.0. The van der Waals surface area contributed by atoms with Gasteiger partial charge in [0.15, 0.2) is 5.79 Å². The highest BCUT2D eigenvalue weighted by atomic mass is 35.5. The number of nitrogens with one attached hydrogen (secondary N) is 1. The van der Waals surface area contributed by atoms with E-state index in [-0.39, 0.29) is 11.8 Å². The summed E-state index contributed by atoms with van der Waals surface area (Å²) in [5.74, 6) is -1.02. The number of amides is 2. The van der Waals surface area contributed by atoms with Crippen LogP contribution in [0.2, 0.25) is 10.0 Å². The van der Waals surface area contributed by atoms with Crippen LogP contribution in [0.15, 0.2) is 18.2 Å². The summed E-state index contributed by atoms with van der Waals surface area (Å²) < 4.78 is 11.4. The van der Waals surface area contributed by atoms with Crippen molar-refractivity contribution in [1.29, 1.82) is 0 Å². The van der Waals surface area contributed by atoms with E-state index in [2.05, 4.69) is 5.32 Å². The van der Waals surface area contributed by atoms with Crippen LogP contribution in [0.1, 0.15) is 25.7 Å². The Hall–Kier alpha value is -1.34. The third-order valence-corrected chi connectivity index (χ3v) is 6.05. The standard InChI is InChI=1S/C18H20Cl2N2O4/c19-12-2-1-3-13(20)14(12)21-15(23)17(4-5-17)16(24)22-8-6-18(7-9-22)25-10-11-26-18/h1-3H,4-11H2,(H,21,23). The number of rotatable bonds is 3. The number of hydrogen-bond donors (Lipinski definition) is 1. The van der Waals surface area contributed by atoms with Gasteiger partial charge in [-0.25, -0.2) is 0 Å². The van der Waals surface area contributed by atoms with Crippen LogP contribution in [0.5, 0.6) is 0 Å². The number of piperidine rings is 1. The number of carbonyl (C=O) groups is 2. The minimum atomic E-state index is -1.01. The van der Waals surface area contributed by atoms with Crippen LogP contribution < -0.4 is 5.32 Å². The first-order valence-electron chi connectivity index (χ1n) is 8.79. The number of anilines is 1. The minimum Gasteiger partial charge on any atom is -0.347 e. The predicted molar refractivity (Wildman–Crippen MR) is 97.2 cm³/mol. The zero-order chi connectivity index (χ0) is 18.4. The molecule has 140 valence electrons. The maximum absolute atomic E-state index is 13.0. The van der Waals surface area contributed by atoms with Crippen molar-refractivity contribution in [3.8, 4) is 0 Å². The van der Waals surface area contributed by atoms with E-state index in [1.54, 1.807) is 23.1 Å². The normalized spacial score (nSPS) is 23.1. The maximum atomic E-state index is 13.0. The Kier molecular flexibility index (Phi) is 4.63. The maximum Gasteiger partial charge on any atom is 0.240 e. The lowest BCUT2D eigenvalue weighted by molar-refractivity contribution is -0.188. The Bertz CT molecular complexity index is 714. The fourth-order valence-electron chi connectivity index (χ4n) is 3.65. The first-order valence-corrected chi connectivity index (χ1v) is 9.54. The van der Waals surface area contributed by atoms with Crippen molar-refractivity contribution in [2.75, 3.05) is 31.6 Å². The van der Waals surface area contributed by atoms with E-state index in [1.165, 1.54) is 0 Å². The number of likely N-dealkylation sites (tertiary alicyclic amines) is 1. The average Bonchev–Trinajstić information content (AvgIpc) is 3.34. The van der Waals surface area contributed by atoms with Crippen molar-refractivity contribution in [1.82, 2.24) is 4.90 Å². The summed E-state index contributed by atoms with van der Waals surface area (Å²) in [5, 5.41) is 3.45. The Morgan fingerprint density at radius 3 is 2.12 bits per heavy atom. The zero-order valence-corrected chi connectivity index (χ0v) is 15.7. The molecule has 26 heavy (non-hydrogen) atoms. The molecule has 1 aliphatic carbocycles. The molecule has 1 N–H and O–H groups in total. The van der Waals surface area contributed by atoms with Gasteiger partial charge in [-0.15, -0.1) is 0 Å². The van der Waals surface area contributed by atoms with Gasteiger partial charge in [-0.3, -0.25) is 9.59 Å². The number of para-hydroxylation sites is 1. The summed E-state index contributed by atoms with van der Waals surface area (Å²) in [6, 6.07) is 5.00. The second-order valence-electron chi connectivity index (χ2n) is 7.03. The van der Waals surface area contributed by atoms with Crippen LogP contribution in [0.25, 0.3) is 0 Å². The molecular formula is C18H20Cl2N2O4. The number of hydrogen-bond acceptors (Lipinski definition) is 4. The summed E-state index contributed by atoms with van der Waals surface area (Å²) in [6.45, 7) is 2.25. The van der Waals surface area contributed by atoms with Gasteiger partial charge in [-0.1, -0.05) is 29.3 Å². The quantitative estimate of drug-likeness (QED) is 0.794. The Balaban J connectivity index is 1.43. The van der Waals surface area contributed by atoms with Crippen LogP contribution in [0.4, 0.5) is 5.69 Å². The molecule has 1 saturated carbocycles. The molecule has 2 saturated heterocycles. The highest BCUT2D eigenvalue weighted by molar-refractivity contribution is 6.40. The van der Waals surface area contributed by atoms with Crippen LogP contribution in [-0.2, 0) is 19.1 Å². The molecule has 0 unspecified atom stereocenters. The molecule has 6 nitrogen and oxygen atoms in total. The van der Waals surface area contributed by atoms with E-state index < -0.39 is 11.2 Å². The average molecular weight is 399 g/mol. The summed E-state index contributed by atoms with van der Waals surface area (Å²) in [5.41, 5.74) is -0.657. The second kappa shape index (κ2) is 6.68. The van der Waals surface area contributed by atoms with E-state index in [4.69, 9.17) is 32.7 Å². The van der Waals surface area contributed by atoms with Gasteiger partial charge in [-0.2, -0.15) is 0 Å². The lowest BCUT2D eigenvalue weighted by Crippen LogP contribution is -2.51. The molecule has 1 aromatic carbocycles. The van der Waals surface area contributed by atoms with E-state index in [9.17, 15) is 9.59 Å². The number of halogens is 2. The summed E-state index contributed by atoms with van der Waals surface area (Å²) in [4.78, 5) is 27.6. The monoisotopic (exact) mass is 398 g/mol. The first-order chi connectivity index (χ1) is 12.5. The number of benzene rings is 1. The molecule has 0 bridgehead atoms. The molecular weight excluding hydrogens is 379 g/mol. The summed E-state index contributed by atoms with van der Waals surface area (Å²) in [7, 11) is 0. The fourth-order valence-corrected chi connectivity index (χ4v) is 4.14. The SMILES string of the molecule is O=C(Nc1c(Cl)cccc1Cl)C1(C(=O)N2CCC3(CC2)OCCO3)CC1. The molecule has 0 aromatic heterocycles. The van der Waals surface area contributed by atoms with Crippen LogP contribution in [-0.4, -0.2) is 48.8 Å². The van der Waals surface area contributed by atoms with Gasteiger partial charge in [0, 0.05) is 25.9 Å². The van der Waals surface area contributed by atoms with Gasteiger partial charge in [0.2, 0.25) is 11.8 Å². The smallest absolute Gasteiger partial charge is 0.240 e. The Morgan fingerprint density at radius 2 is 1.58 bits per heavy atom. The molecule has 0 radical (unpaired) electrons. The van der Waals surface area contributed by atoms with E-state index >= 15 is 0 Å². The van der Waals surface area contributed by atoms with Gasteiger partial charge in [0.1, 0.15) is 5.41 Å². The van der Waals surface area contributed by atoms with Crippen molar-refractivity contribution < 1.29 is 19.1 Å². The van der Waals surface area contributed by atoms with Crippen molar-refractivity contribution in [3.63, 3.8) is 0 Å². The topological polar surface area (TPSA) is 67.9 Å². The van der Waals surface area contributed by atoms with E-state index in [0.717, 1.165) is 0 Å². The number of nitrogens with zero attached hydrogens (tertiary/aromatic N) is 1. The van der Waals surface area contributed by atoms with Gasteiger partial charge in [0.25, 0.3) is 0 Å². The highest BCUT2D eigenvalue weighted by Crippen LogP contribution is 2.49. The lowest BCUT2D eigenvalue weighted by Gasteiger charge is -2.38. The molecule has 8 heteroatoms. The van der Waals surface area contributed by atoms with E-state index in [1.807, 2.05) is 0 Å². The number of ether oxygens (including phenoxy) is 2. The Labute approximate surface area is 161 Å². The minimum absolute atomic E-state index is 0.133. The van der Waals surface area contributed by atoms with Gasteiger partial charge >= 0.3 is 0 Å². The van der Waals surface area contributed by atoms with Crippen LogP contribution in [0, 0.1) is 5.41 Å². The summed E-state index contributed by atoms with van der Waals surface area (Å²) >= 11 is 12.2. The van der Waals surface area contributed by atoms with Gasteiger partial charge < -0.3 is 19.7 Å². The molecule has 1 spiro atoms. The highest BCUT2D eigenvalue weighted by Gasteiger charge is 2.59. The lowest BCUT2D eigenvalue weighted by atomic mass is 9.98. The molecule has 2 amide bonds. The Morgan fingerprint density at radius 1 is 1.00 bits per heavy atom. The zero-order valence-electron chi connectivity index (χ0n) is 14.2. The fraction of sp³-hybridized carbons (Fsp3) is 0.556. The largest absolute Gasteiger partial charge is 0.347 e.